The zero-order valence-electron chi connectivity index (χ0n) is 10.9. The van der Waals surface area contributed by atoms with E-state index in [9.17, 15) is 9.18 Å². The molecule has 1 unspecified atom stereocenters. The van der Waals surface area contributed by atoms with Crippen LogP contribution in [0.2, 0.25) is 0 Å². The Morgan fingerprint density at radius 2 is 2.28 bits per heavy atom. The lowest BCUT2D eigenvalue weighted by Gasteiger charge is -2.22. The minimum Gasteiger partial charge on any atom is -0.338 e. The summed E-state index contributed by atoms with van der Waals surface area (Å²) < 4.78 is 13.8. The second-order valence-corrected chi connectivity index (χ2v) is 5.47. The Labute approximate surface area is 107 Å². The molecule has 2 rings (SSSR count). The van der Waals surface area contributed by atoms with E-state index < -0.39 is 5.82 Å². The lowest BCUT2D eigenvalue weighted by atomic mass is 9.90. The predicted octanol–water partition coefficient (Wildman–Crippen LogP) is 1.95. The van der Waals surface area contributed by atoms with Crippen molar-refractivity contribution in [2.75, 3.05) is 19.6 Å². The van der Waals surface area contributed by atoms with E-state index in [1.807, 2.05) is 0 Å². The molecular weight excluding hydrogens is 231 g/mol. The summed E-state index contributed by atoms with van der Waals surface area (Å²) in [7, 11) is 0. The average molecular weight is 250 g/mol. The first-order valence-corrected chi connectivity index (χ1v) is 6.21. The Morgan fingerprint density at radius 3 is 2.83 bits per heavy atom. The molecule has 18 heavy (non-hydrogen) atoms. The fourth-order valence-electron chi connectivity index (χ4n) is 2.33. The van der Waals surface area contributed by atoms with Gasteiger partial charge in [0, 0.05) is 13.1 Å². The molecule has 0 aromatic heterocycles. The van der Waals surface area contributed by atoms with Crippen LogP contribution in [0.4, 0.5) is 4.39 Å². The van der Waals surface area contributed by atoms with Crippen molar-refractivity contribution in [3.63, 3.8) is 0 Å². The fourth-order valence-corrected chi connectivity index (χ4v) is 2.33. The minimum atomic E-state index is -0.443. The molecule has 0 bridgehead atoms. The molecule has 0 aliphatic carbocycles. The largest absolute Gasteiger partial charge is 0.338 e. The third-order valence-corrected chi connectivity index (χ3v) is 3.69. The second kappa shape index (κ2) is 4.69. The van der Waals surface area contributed by atoms with Crippen LogP contribution in [-0.4, -0.2) is 30.4 Å². The van der Waals surface area contributed by atoms with Gasteiger partial charge in [0.25, 0.3) is 5.91 Å². The first-order chi connectivity index (χ1) is 8.45. The van der Waals surface area contributed by atoms with E-state index in [0.717, 1.165) is 12.0 Å². The van der Waals surface area contributed by atoms with Gasteiger partial charge in [-0.3, -0.25) is 4.79 Å². The zero-order valence-corrected chi connectivity index (χ0v) is 10.9. The van der Waals surface area contributed by atoms with E-state index in [2.05, 4.69) is 6.92 Å². The molecule has 1 aromatic rings. The summed E-state index contributed by atoms with van der Waals surface area (Å²) in [4.78, 5) is 13.9. The molecule has 98 valence electrons. The molecule has 2 N–H and O–H groups in total. The van der Waals surface area contributed by atoms with Gasteiger partial charge in [-0.15, -0.1) is 0 Å². The molecule has 0 saturated carbocycles. The number of nitrogens with two attached hydrogens (primary N) is 1. The summed E-state index contributed by atoms with van der Waals surface area (Å²) in [5, 5.41) is 0. The van der Waals surface area contributed by atoms with E-state index in [1.54, 1.807) is 24.0 Å². The van der Waals surface area contributed by atoms with E-state index >= 15 is 0 Å². The number of likely N-dealkylation sites (tertiary alicyclic amines) is 1. The molecule has 1 saturated heterocycles. The third kappa shape index (κ3) is 2.38. The molecule has 1 amide bonds. The molecule has 1 aromatic carbocycles. The number of hydrogen-bond acceptors (Lipinski definition) is 2. The van der Waals surface area contributed by atoms with Crippen LogP contribution in [0, 0.1) is 18.2 Å². The van der Waals surface area contributed by atoms with Crippen molar-refractivity contribution in [1.29, 1.82) is 0 Å². The summed E-state index contributed by atoms with van der Waals surface area (Å²) in [6, 6.07) is 4.71. The van der Waals surface area contributed by atoms with Crippen LogP contribution in [-0.2, 0) is 0 Å². The van der Waals surface area contributed by atoms with Gasteiger partial charge in [-0.1, -0.05) is 13.0 Å². The lowest BCUT2D eigenvalue weighted by molar-refractivity contribution is 0.0772. The molecule has 0 radical (unpaired) electrons. The van der Waals surface area contributed by atoms with Gasteiger partial charge in [-0.05, 0) is 43.0 Å². The number of aryl methyl sites for hydroxylation is 1. The van der Waals surface area contributed by atoms with Crippen molar-refractivity contribution in [2.45, 2.75) is 20.3 Å². The molecular formula is C14H19FN2O. The van der Waals surface area contributed by atoms with Gasteiger partial charge in [0.15, 0.2) is 0 Å². The number of carbonyl (C=O) groups excluding carboxylic acids is 1. The van der Waals surface area contributed by atoms with Crippen molar-refractivity contribution in [2.24, 2.45) is 11.1 Å². The lowest BCUT2D eigenvalue weighted by Crippen LogP contribution is -2.34. The second-order valence-electron chi connectivity index (χ2n) is 5.47. The van der Waals surface area contributed by atoms with Gasteiger partial charge in [0.1, 0.15) is 5.82 Å². The first-order valence-electron chi connectivity index (χ1n) is 6.21. The van der Waals surface area contributed by atoms with Crippen molar-refractivity contribution < 1.29 is 9.18 Å². The summed E-state index contributed by atoms with van der Waals surface area (Å²) in [5.41, 5.74) is 6.65. The zero-order chi connectivity index (χ0) is 13.3. The highest BCUT2D eigenvalue weighted by atomic mass is 19.1. The highest BCUT2D eigenvalue weighted by Crippen LogP contribution is 2.29. The van der Waals surface area contributed by atoms with Crippen molar-refractivity contribution in [3.05, 3.63) is 35.1 Å². The van der Waals surface area contributed by atoms with Crippen LogP contribution in [0.25, 0.3) is 0 Å². The maximum absolute atomic E-state index is 13.8. The number of hydrogen-bond donors (Lipinski definition) is 1. The van der Waals surface area contributed by atoms with Crippen LogP contribution in [0.5, 0.6) is 0 Å². The number of benzene rings is 1. The highest BCUT2D eigenvalue weighted by molar-refractivity contribution is 5.94. The highest BCUT2D eigenvalue weighted by Gasteiger charge is 2.35. The van der Waals surface area contributed by atoms with Gasteiger partial charge >= 0.3 is 0 Å². The predicted molar refractivity (Wildman–Crippen MR) is 68.8 cm³/mol. The maximum Gasteiger partial charge on any atom is 0.256 e. The molecule has 4 heteroatoms. The number of rotatable bonds is 2. The van der Waals surface area contributed by atoms with E-state index in [4.69, 9.17) is 5.73 Å². The monoisotopic (exact) mass is 250 g/mol. The van der Waals surface area contributed by atoms with Crippen molar-refractivity contribution >= 4 is 5.91 Å². The topological polar surface area (TPSA) is 46.3 Å². The van der Waals surface area contributed by atoms with E-state index in [-0.39, 0.29) is 16.9 Å². The van der Waals surface area contributed by atoms with E-state index in [1.165, 1.54) is 6.07 Å². The van der Waals surface area contributed by atoms with Gasteiger partial charge in [0.2, 0.25) is 0 Å². The summed E-state index contributed by atoms with van der Waals surface area (Å²) >= 11 is 0. The number of amides is 1. The Bertz CT molecular complexity index is 475. The molecule has 1 atom stereocenters. The molecule has 0 spiro atoms. The van der Waals surface area contributed by atoms with Crippen molar-refractivity contribution in [1.82, 2.24) is 4.90 Å². The molecule has 1 fully saturated rings. The van der Waals surface area contributed by atoms with Crippen molar-refractivity contribution in [3.8, 4) is 0 Å². The molecule has 3 nitrogen and oxygen atoms in total. The third-order valence-electron chi connectivity index (χ3n) is 3.69. The van der Waals surface area contributed by atoms with Gasteiger partial charge < -0.3 is 10.6 Å². The molecule has 1 heterocycles. The number of carbonyl (C=O) groups is 1. The Hall–Kier alpha value is -1.42. The maximum atomic E-state index is 13.8. The Balaban J connectivity index is 2.18. The van der Waals surface area contributed by atoms with Crippen LogP contribution in [0.3, 0.4) is 0 Å². The van der Waals surface area contributed by atoms with Gasteiger partial charge in [-0.25, -0.2) is 4.39 Å². The quantitative estimate of drug-likeness (QED) is 0.872. The fraction of sp³-hybridized carbons (Fsp3) is 0.500. The average Bonchev–Trinajstić information content (AvgIpc) is 2.72. The van der Waals surface area contributed by atoms with Crippen LogP contribution >= 0.6 is 0 Å². The SMILES string of the molecule is Cc1ccc(C(=O)N2CCC(C)(CN)C2)c(F)c1. The Morgan fingerprint density at radius 1 is 1.56 bits per heavy atom. The molecule has 1 aliphatic rings. The molecule has 1 aliphatic heterocycles. The number of halogens is 1. The number of nitrogens with zero attached hydrogens (tertiary/aromatic N) is 1. The Kier molecular flexibility index (Phi) is 3.39. The van der Waals surface area contributed by atoms with E-state index in [0.29, 0.717) is 19.6 Å². The standard InChI is InChI=1S/C14H19FN2O/c1-10-3-4-11(12(15)7-10)13(18)17-6-5-14(2,8-16)9-17/h3-4,7H,5-6,8-9,16H2,1-2H3. The van der Waals surface area contributed by atoms with Crippen LogP contribution in [0.1, 0.15) is 29.3 Å². The van der Waals surface area contributed by atoms with Gasteiger partial charge in [-0.2, -0.15) is 0 Å². The smallest absolute Gasteiger partial charge is 0.256 e. The normalized spacial score (nSPS) is 23.4. The summed E-state index contributed by atoms with van der Waals surface area (Å²) in [5.74, 6) is -0.675. The summed E-state index contributed by atoms with van der Waals surface area (Å²) in [6.45, 7) is 5.67. The minimum absolute atomic E-state index is 0.0309. The van der Waals surface area contributed by atoms with Crippen LogP contribution < -0.4 is 5.73 Å². The summed E-state index contributed by atoms with van der Waals surface area (Å²) in [6.07, 6.45) is 0.878. The van der Waals surface area contributed by atoms with Crippen LogP contribution in [0.15, 0.2) is 18.2 Å². The van der Waals surface area contributed by atoms with Gasteiger partial charge in [0.05, 0.1) is 5.56 Å². The first kappa shape index (κ1) is 13.0.